The van der Waals surface area contributed by atoms with Gasteiger partial charge in [0.1, 0.15) is 17.1 Å². The summed E-state index contributed by atoms with van der Waals surface area (Å²) >= 11 is 0. The summed E-state index contributed by atoms with van der Waals surface area (Å²) in [5.74, 6) is 0.862. The third-order valence-electron chi connectivity index (χ3n) is 7.03. The van der Waals surface area contributed by atoms with Crippen LogP contribution in [-0.2, 0) is 11.2 Å². The Morgan fingerprint density at radius 3 is 2.20 bits per heavy atom. The number of aromatic nitrogens is 3. The van der Waals surface area contributed by atoms with Crippen LogP contribution in [0.2, 0.25) is 0 Å². The van der Waals surface area contributed by atoms with Crippen LogP contribution in [0.15, 0.2) is 71.7 Å². The molecule has 0 aliphatic carbocycles. The molecule has 208 valence electrons. The van der Waals surface area contributed by atoms with Crippen molar-refractivity contribution in [2.45, 2.75) is 59.6 Å². The van der Waals surface area contributed by atoms with Crippen LogP contribution in [0.5, 0.6) is 0 Å². The van der Waals surface area contributed by atoms with Crippen LogP contribution in [0.25, 0.3) is 5.65 Å². The first-order valence-electron chi connectivity index (χ1n) is 14.0. The highest BCUT2D eigenvalue weighted by atomic mass is 16.6. The molecule has 0 unspecified atom stereocenters. The maximum absolute atomic E-state index is 12.8. The molecule has 0 spiro atoms. The number of carbonyl (C=O) groups excluding carboxylic acids is 1. The second-order valence-corrected chi connectivity index (χ2v) is 11.3. The monoisotopic (exact) mass is 538 g/mol. The Labute approximate surface area is 236 Å². The summed E-state index contributed by atoms with van der Waals surface area (Å²) in [4.78, 5) is 27.2. The average molecular weight is 539 g/mol. The zero-order valence-corrected chi connectivity index (χ0v) is 24.3. The maximum Gasteiger partial charge on any atom is 0.410 e. The van der Waals surface area contributed by atoms with Crippen LogP contribution in [0.4, 0.5) is 16.3 Å². The molecular formula is C32H38N6O2. The lowest BCUT2D eigenvalue weighted by atomic mass is 10.0. The molecule has 8 heteroatoms. The Morgan fingerprint density at radius 1 is 1.02 bits per heavy atom. The number of piperazine rings is 1. The molecule has 40 heavy (non-hydrogen) atoms. The van der Waals surface area contributed by atoms with Gasteiger partial charge in [-0.3, -0.25) is 0 Å². The molecule has 2 aromatic heterocycles. The van der Waals surface area contributed by atoms with E-state index in [4.69, 9.17) is 19.8 Å². The van der Waals surface area contributed by atoms with Crippen molar-refractivity contribution in [1.82, 2.24) is 19.5 Å². The first-order valence-corrected chi connectivity index (χ1v) is 14.0. The standard InChI is InChI=1S/C32H38N6O2/c1-7-26-29(34-28(24-14-10-8-11-15-24)25-16-12-9-13-17-25)30-33-27(20-22(2)38(30)35-26)36-18-19-37(23(3)21-36)31(39)40-32(4,5)6/h8-17,20,23H,7,18-19,21H2,1-6H3/t23-/m1/s1. The van der Waals surface area contributed by atoms with Gasteiger partial charge in [0, 0.05) is 48.6 Å². The molecule has 1 aliphatic rings. The third kappa shape index (κ3) is 5.71. The van der Waals surface area contributed by atoms with Crippen molar-refractivity contribution >= 4 is 29.0 Å². The number of aryl methyl sites for hydroxylation is 2. The first kappa shape index (κ1) is 27.4. The number of nitrogens with zero attached hydrogens (tertiary/aromatic N) is 6. The lowest BCUT2D eigenvalue weighted by Gasteiger charge is -2.40. The number of carbonyl (C=O) groups is 1. The number of aliphatic imine (C=N–C) groups is 1. The van der Waals surface area contributed by atoms with E-state index in [9.17, 15) is 4.79 Å². The van der Waals surface area contributed by atoms with E-state index in [-0.39, 0.29) is 12.1 Å². The zero-order chi connectivity index (χ0) is 28.4. The highest BCUT2D eigenvalue weighted by Gasteiger charge is 2.32. The van der Waals surface area contributed by atoms with Crippen molar-refractivity contribution in [1.29, 1.82) is 0 Å². The molecule has 1 saturated heterocycles. The fraction of sp³-hybridized carbons (Fsp3) is 0.375. The van der Waals surface area contributed by atoms with Crippen LogP contribution in [-0.4, -0.2) is 62.6 Å². The molecule has 1 fully saturated rings. The number of fused-ring (bicyclic) bond motifs is 1. The predicted molar refractivity (Wildman–Crippen MR) is 160 cm³/mol. The second-order valence-electron chi connectivity index (χ2n) is 11.3. The highest BCUT2D eigenvalue weighted by Crippen LogP contribution is 2.30. The molecule has 2 aromatic carbocycles. The van der Waals surface area contributed by atoms with Crippen LogP contribution in [0.3, 0.4) is 0 Å². The van der Waals surface area contributed by atoms with Gasteiger partial charge >= 0.3 is 6.09 Å². The summed E-state index contributed by atoms with van der Waals surface area (Å²) in [6, 6.07) is 22.5. The molecule has 3 heterocycles. The van der Waals surface area contributed by atoms with Gasteiger partial charge in [0.15, 0.2) is 5.65 Å². The minimum atomic E-state index is -0.522. The largest absolute Gasteiger partial charge is 0.444 e. The van der Waals surface area contributed by atoms with Gasteiger partial charge in [-0.2, -0.15) is 5.10 Å². The predicted octanol–water partition coefficient (Wildman–Crippen LogP) is 6.21. The smallest absolute Gasteiger partial charge is 0.410 e. The fourth-order valence-corrected chi connectivity index (χ4v) is 5.05. The van der Waals surface area contributed by atoms with Gasteiger partial charge in [-0.1, -0.05) is 67.6 Å². The van der Waals surface area contributed by atoms with Crippen molar-refractivity contribution in [3.05, 3.63) is 89.2 Å². The highest BCUT2D eigenvalue weighted by molar-refractivity contribution is 6.14. The van der Waals surface area contributed by atoms with E-state index < -0.39 is 5.60 Å². The number of benzene rings is 2. The maximum atomic E-state index is 12.8. The summed E-state index contributed by atoms with van der Waals surface area (Å²) in [6.07, 6.45) is 0.466. The number of anilines is 1. The minimum absolute atomic E-state index is 0.0155. The van der Waals surface area contributed by atoms with Crippen molar-refractivity contribution in [3.63, 3.8) is 0 Å². The molecule has 4 aromatic rings. The third-order valence-corrected chi connectivity index (χ3v) is 7.03. The lowest BCUT2D eigenvalue weighted by molar-refractivity contribution is 0.0158. The van der Waals surface area contributed by atoms with E-state index in [1.807, 2.05) is 73.5 Å². The SMILES string of the molecule is CCc1nn2c(C)cc(N3CCN(C(=O)OC(C)(C)C)[C@H](C)C3)nc2c1N=C(c1ccccc1)c1ccccc1. The topological polar surface area (TPSA) is 75.3 Å². The molecule has 0 saturated carbocycles. The molecule has 1 atom stereocenters. The van der Waals surface area contributed by atoms with Crippen LogP contribution in [0, 0.1) is 6.92 Å². The Morgan fingerprint density at radius 2 is 1.65 bits per heavy atom. The van der Waals surface area contributed by atoms with Gasteiger partial charge in [-0.25, -0.2) is 19.3 Å². The summed E-state index contributed by atoms with van der Waals surface area (Å²) in [6.45, 7) is 13.8. The first-order chi connectivity index (χ1) is 19.1. The van der Waals surface area contributed by atoms with Crippen molar-refractivity contribution < 1.29 is 9.53 Å². The molecule has 0 N–H and O–H groups in total. The lowest BCUT2D eigenvalue weighted by Crippen LogP contribution is -2.55. The number of ether oxygens (including phenoxy) is 1. The summed E-state index contributed by atoms with van der Waals surface area (Å²) in [5.41, 5.74) is 5.85. The van der Waals surface area contributed by atoms with E-state index in [1.165, 1.54) is 0 Å². The molecule has 5 rings (SSSR count). The average Bonchev–Trinajstić information content (AvgIpc) is 3.29. The van der Waals surface area contributed by atoms with Crippen LogP contribution < -0.4 is 4.90 Å². The number of hydrogen-bond donors (Lipinski definition) is 0. The van der Waals surface area contributed by atoms with Crippen molar-refractivity contribution in [3.8, 4) is 0 Å². The van der Waals surface area contributed by atoms with Gasteiger partial charge in [-0.15, -0.1) is 0 Å². The Balaban J connectivity index is 1.54. The van der Waals surface area contributed by atoms with E-state index in [0.29, 0.717) is 19.6 Å². The number of hydrogen-bond acceptors (Lipinski definition) is 6. The normalized spacial score (nSPS) is 15.8. The van der Waals surface area contributed by atoms with Crippen LogP contribution in [0.1, 0.15) is 57.1 Å². The summed E-state index contributed by atoms with van der Waals surface area (Å²) in [5, 5.41) is 4.90. The minimum Gasteiger partial charge on any atom is -0.444 e. The molecule has 0 radical (unpaired) electrons. The van der Waals surface area contributed by atoms with E-state index in [1.54, 1.807) is 0 Å². The quantitative estimate of drug-likeness (QED) is 0.282. The van der Waals surface area contributed by atoms with Gasteiger partial charge in [0.05, 0.1) is 11.4 Å². The molecule has 1 amide bonds. The van der Waals surface area contributed by atoms with E-state index in [0.717, 1.165) is 51.8 Å². The van der Waals surface area contributed by atoms with Gasteiger partial charge in [0.2, 0.25) is 0 Å². The van der Waals surface area contributed by atoms with Crippen molar-refractivity contribution in [2.24, 2.45) is 4.99 Å². The Hall–Kier alpha value is -4.20. The van der Waals surface area contributed by atoms with Gasteiger partial charge in [-0.05, 0) is 41.0 Å². The second kappa shape index (κ2) is 11.1. The molecule has 0 bridgehead atoms. The number of amides is 1. The fourth-order valence-electron chi connectivity index (χ4n) is 5.05. The van der Waals surface area contributed by atoms with Crippen LogP contribution >= 0.6 is 0 Å². The molecule has 1 aliphatic heterocycles. The van der Waals surface area contributed by atoms with Gasteiger partial charge in [0.25, 0.3) is 0 Å². The van der Waals surface area contributed by atoms with E-state index in [2.05, 4.69) is 49.1 Å². The Kier molecular flexibility index (Phi) is 7.61. The zero-order valence-electron chi connectivity index (χ0n) is 24.3. The van der Waals surface area contributed by atoms with Crippen molar-refractivity contribution in [2.75, 3.05) is 24.5 Å². The van der Waals surface area contributed by atoms with Gasteiger partial charge < -0.3 is 14.5 Å². The Bertz CT molecular complexity index is 1480. The molecular weight excluding hydrogens is 500 g/mol. The molecule has 8 nitrogen and oxygen atoms in total. The van der Waals surface area contributed by atoms with E-state index >= 15 is 0 Å². The summed E-state index contributed by atoms with van der Waals surface area (Å²) < 4.78 is 7.53. The number of rotatable bonds is 5. The summed E-state index contributed by atoms with van der Waals surface area (Å²) in [7, 11) is 0.